The first-order valence-electron chi connectivity index (χ1n) is 8.37. The number of esters is 1. The van der Waals surface area contributed by atoms with E-state index in [0.29, 0.717) is 11.1 Å². The third-order valence-electron chi connectivity index (χ3n) is 4.08. The number of anilines is 1. The molecular formula is C20H15ClN2O6. The summed E-state index contributed by atoms with van der Waals surface area (Å²) in [7, 11) is 1.53. The van der Waals surface area contributed by atoms with Crippen LogP contribution in [0, 0.1) is 10.1 Å². The lowest BCUT2D eigenvalue weighted by molar-refractivity contribution is -0.384. The fraction of sp³-hybridized carbons (Fsp3) is 0.100. The number of amides is 1. The highest BCUT2D eigenvalue weighted by Gasteiger charge is 2.17. The third-order valence-corrected chi connectivity index (χ3v) is 4.40. The third kappa shape index (κ3) is 4.44. The van der Waals surface area contributed by atoms with Crippen molar-refractivity contribution in [2.75, 3.05) is 19.0 Å². The van der Waals surface area contributed by atoms with E-state index in [1.54, 1.807) is 24.3 Å². The first-order valence-corrected chi connectivity index (χ1v) is 8.75. The number of carbonyl (C=O) groups excluding carboxylic acids is 2. The molecule has 3 rings (SSSR count). The summed E-state index contributed by atoms with van der Waals surface area (Å²) < 4.78 is 10.4. The van der Waals surface area contributed by atoms with Crippen LogP contribution in [-0.4, -0.2) is 30.5 Å². The van der Waals surface area contributed by atoms with Crippen LogP contribution < -0.4 is 10.1 Å². The molecule has 0 aliphatic heterocycles. The number of fused-ring (bicyclic) bond motifs is 1. The lowest BCUT2D eigenvalue weighted by atomic mass is 10.0. The molecular weight excluding hydrogens is 400 g/mol. The first kappa shape index (κ1) is 20.1. The van der Waals surface area contributed by atoms with E-state index in [1.807, 2.05) is 12.1 Å². The maximum Gasteiger partial charge on any atom is 0.339 e. The Kier molecular flexibility index (Phi) is 5.94. The van der Waals surface area contributed by atoms with Crippen LogP contribution in [0.15, 0.2) is 54.6 Å². The van der Waals surface area contributed by atoms with Gasteiger partial charge in [0.2, 0.25) is 0 Å². The van der Waals surface area contributed by atoms with Crippen molar-refractivity contribution in [2.45, 2.75) is 0 Å². The molecule has 0 radical (unpaired) electrons. The Bertz CT molecular complexity index is 1120. The van der Waals surface area contributed by atoms with Gasteiger partial charge < -0.3 is 14.8 Å². The molecule has 1 amide bonds. The van der Waals surface area contributed by atoms with Crippen LogP contribution in [0.3, 0.4) is 0 Å². The maximum atomic E-state index is 12.5. The molecule has 148 valence electrons. The minimum atomic E-state index is -0.680. The SMILES string of the molecule is COc1ccc(C(=O)OCC(=O)Nc2ccc(Cl)c([N+](=O)[O-])c2)c2ccccc12. The molecule has 0 spiro atoms. The molecule has 0 heterocycles. The molecule has 0 atom stereocenters. The Morgan fingerprint density at radius 3 is 2.52 bits per heavy atom. The summed E-state index contributed by atoms with van der Waals surface area (Å²) in [6.07, 6.45) is 0. The second-order valence-corrected chi connectivity index (χ2v) is 6.32. The van der Waals surface area contributed by atoms with Gasteiger partial charge >= 0.3 is 5.97 Å². The topological polar surface area (TPSA) is 108 Å². The van der Waals surface area contributed by atoms with E-state index >= 15 is 0 Å². The number of hydrogen-bond acceptors (Lipinski definition) is 6. The lowest BCUT2D eigenvalue weighted by Crippen LogP contribution is -2.21. The fourth-order valence-corrected chi connectivity index (χ4v) is 2.95. The molecule has 1 N–H and O–H groups in total. The summed E-state index contributed by atoms with van der Waals surface area (Å²) >= 11 is 5.73. The Labute approximate surface area is 170 Å². The number of hydrogen-bond donors (Lipinski definition) is 1. The number of nitrogens with one attached hydrogen (secondary N) is 1. The van der Waals surface area contributed by atoms with Crippen LogP contribution in [0.1, 0.15) is 10.4 Å². The molecule has 0 bridgehead atoms. The van der Waals surface area contributed by atoms with Crippen molar-refractivity contribution in [1.29, 1.82) is 0 Å². The number of carbonyl (C=O) groups is 2. The van der Waals surface area contributed by atoms with Gasteiger partial charge in [-0.05, 0) is 29.7 Å². The van der Waals surface area contributed by atoms with Crippen molar-refractivity contribution in [1.82, 2.24) is 0 Å². The standard InChI is InChI=1S/C20H15ClN2O6/c1-28-18-9-7-15(13-4-2-3-5-14(13)18)20(25)29-11-19(24)22-12-6-8-16(21)17(10-12)23(26)27/h2-10H,11H2,1H3,(H,22,24). The molecule has 0 fully saturated rings. The van der Waals surface area contributed by atoms with E-state index in [2.05, 4.69) is 5.32 Å². The maximum absolute atomic E-state index is 12.5. The van der Waals surface area contributed by atoms with Gasteiger partial charge in [-0.2, -0.15) is 0 Å². The molecule has 0 aromatic heterocycles. The largest absolute Gasteiger partial charge is 0.496 e. The van der Waals surface area contributed by atoms with E-state index in [9.17, 15) is 19.7 Å². The van der Waals surface area contributed by atoms with Gasteiger partial charge in [0.15, 0.2) is 6.61 Å². The number of nitro groups is 1. The minimum Gasteiger partial charge on any atom is -0.496 e. The minimum absolute atomic E-state index is 0.0502. The quantitative estimate of drug-likeness (QED) is 0.368. The Morgan fingerprint density at radius 1 is 1.10 bits per heavy atom. The predicted octanol–water partition coefficient (Wildman–Crippen LogP) is 4.21. The second-order valence-electron chi connectivity index (χ2n) is 5.91. The van der Waals surface area contributed by atoms with Gasteiger partial charge in [-0.3, -0.25) is 14.9 Å². The van der Waals surface area contributed by atoms with Crippen LogP contribution >= 0.6 is 11.6 Å². The molecule has 0 saturated carbocycles. The number of rotatable bonds is 6. The Hall–Kier alpha value is -3.65. The number of benzene rings is 3. The van der Waals surface area contributed by atoms with Crippen LogP contribution in [0.4, 0.5) is 11.4 Å². The van der Waals surface area contributed by atoms with Gasteiger partial charge in [-0.15, -0.1) is 0 Å². The molecule has 3 aromatic carbocycles. The van der Waals surface area contributed by atoms with Gasteiger partial charge in [-0.25, -0.2) is 4.79 Å². The number of nitro benzene ring substituents is 1. The van der Waals surface area contributed by atoms with Gasteiger partial charge in [-0.1, -0.05) is 35.9 Å². The molecule has 0 saturated heterocycles. The highest BCUT2D eigenvalue weighted by atomic mass is 35.5. The van der Waals surface area contributed by atoms with E-state index in [0.717, 1.165) is 11.5 Å². The van der Waals surface area contributed by atoms with Crippen LogP contribution in [-0.2, 0) is 9.53 Å². The smallest absolute Gasteiger partial charge is 0.339 e. The van der Waals surface area contributed by atoms with Gasteiger partial charge in [0.25, 0.3) is 11.6 Å². The highest BCUT2D eigenvalue weighted by Crippen LogP contribution is 2.29. The summed E-state index contributed by atoms with van der Waals surface area (Å²) in [4.78, 5) is 34.8. The Morgan fingerprint density at radius 2 is 1.83 bits per heavy atom. The fourth-order valence-electron chi connectivity index (χ4n) is 2.76. The number of halogens is 1. The van der Waals surface area contributed by atoms with Crippen molar-refractivity contribution in [3.05, 3.63) is 75.3 Å². The van der Waals surface area contributed by atoms with Gasteiger partial charge in [0.05, 0.1) is 17.6 Å². The summed E-state index contributed by atoms with van der Waals surface area (Å²) in [5.74, 6) is -0.715. The average molecular weight is 415 g/mol. The first-order chi connectivity index (χ1) is 13.9. The number of methoxy groups -OCH3 is 1. The van der Waals surface area contributed by atoms with Crippen molar-refractivity contribution in [2.24, 2.45) is 0 Å². The van der Waals surface area contributed by atoms with Crippen molar-refractivity contribution in [3.63, 3.8) is 0 Å². The van der Waals surface area contributed by atoms with Crippen molar-refractivity contribution in [3.8, 4) is 5.75 Å². The summed E-state index contributed by atoms with van der Waals surface area (Å²) in [6.45, 7) is -0.560. The van der Waals surface area contributed by atoms with E-state index in [4.69, 9.17) is 21.1 Å². The zero-order chi connectivity index (χ0) is 21.0. The van der Waals surface area contributed by atoms with Crippen LogP contribution in [0.2, 0.25) is 5.02 Å². The highest BCUT2D eigenvalue weighted by molar-refractivity contribution is 6.32. The predicted molar refractivity (Wildman–Crippen MR) is 108 cm³/mol. The molecule has 8 nitrogen and oxygen atoms in total. The number of nitrogens with zero attached hydrogens (tertiary/aromatic N) is 1. The Balaban J connectivity index is 1.70. The van der Waals surface area contributed by atoms with E-state index in [1.165, 1.54) is 19.2 Å². The van der Waals surface area contributed by atoms with E-state index in [-0.39, 0.29) is 22.0 Å². The zero-order valence-corrected chi connectivity index (χ0v) is 15.9. The summed E-state index contributed by atoms with van der Waals surface area (Å²) in [5.41, 5.74) is 0.111. The molecule has 0 aliphatic rings. The monoisotopic (exact) mass is 414 g/mol. The number of ether oxygens (including phenoxy) is 2. The molecule has 0 aliphatic carbocycles. The van der Waals surface area contributed by atoms with Crippen molar-refractivity contribution < 1.29 is 24.0 Å². The van der Waals surface area contributed by atoms with Crippen LogP contribution in [0.5, 0.6) is 5.75 Å². The average Bonchev–Trinajstić information content (AvgIpc) is 2.72. The van der Waals surface area contributed by atoms with Gasteiger partial charge in [0.1, 0.15) is 10.8 Å². The molecule has 29 heavy (non-hydrogen) atoms. The van der Waals surface area contributed by atoms with Gasteiger partial charge in [0, 0.05) is 17.1 Å². The summed E-state index contributed by atoms with van der Waals surface area (Å²) in [5, 5.41) is 14.7. The molecule has 0 unspecified atom stereocenters. The normalized spacial score (nSPS) is 10.4. The second kappa shape index (κ2) is 8.57. The molecule has 3 aromatic rings. The zero-order valence-electron chi connectivity index (χ0n) is 15.2. The van der Waals surface area contributed by atoms with Crippen LogP contribution in [0.25, 0.3) is 10.8 Å². The lowest BCUT2D eigenvalue weighted by Gasteiger charge is -2.11. The van der Waals surface area contributed by atoms with Crippen molar-refractivity contribution >= 4 is 45.6 Å². The van der Waals surface area contributed by atoms with E-state index < -0.39 is 23.4 Å². The molecule has 9 heteroatoms. The summed E-state index contributed by atoms with van der Waals surface area (Å²) in [6, 6.07) is 14.2.